The largest absolute Gasteiger partial charge is 0.381 e. The van der Waals surface area contributed by atoms with Gasteiger partial charge in [0, 0.05) is 42.4 Å². The topological polar surface area (TPSA) is 58.6 Å². The number of benzene rings is 1. The number of hydrogen-bond donors (Lipinski definition) is 1. The Kier molecular flexibility index (Phi) is 4.78. The second-order valence-electron chi connectivity index (χ2n) is 5.79. The van der Waals surface area contributed by atoms with E-state index in [1.54, 1.807) is 0 Å². The van der Waals surface area contributed by atoms with Crippen LogP contribution in [0.1, 0.15) is 19.3 Å². The van der Waals surface area contributed by atoms with Gasteiger partial charge < -0.3 is 15.0 Å². The molecule has 0 aliphatic carbocycles. The van der Waals surface area contributed by atoms with Gasteiger partial charge >= 0.3 is 0 Å². The van der Waals surface area contributed by atoms with Crippen LogP contribution in [0.5, 0.6) is 0 Å². The number of likely N-dealkylation sites (tertiary alicyclic amines) is 1. The molecule has 6 heteroatoms. The molecule has 2 heterocycles. The molecule has 2 aliphatic rings. The molecule has 1 unspecified atom stereocenters. The molecule has 0 saturated carbocycles. The normalized spacial score (nSPS) is 22.9. The summed E-state index contributed by atoms with van der Waals surface area (Å²) in [6, 6.07) is 7.67. The SMILES string of the molecule is O=C(Nc1ccc(Br)cc1)C1CC(=O)N(C2CCOCC2)C1. The van der Waals surface area contributed by atoms with Crippen LogP contribution in [0.25, 0.3) is 0 Å². The fourth-order valence-corrected chi connectivity index (χ4v) is 3.30. The van der Waals surface area contributed by atoms with Gasteiger partial charge in [-0.25, -0.2) is 0 Å². The standard InChI is InChI=1S/C16H19BrN2O3/c17-12-1-3-13(4-2-12)18-16(21)11-9-15(20)19(10-11)14-5-7-22-8-6-14/h1-4,11,14H,5-10H2,(H,18,21). The molecule has 1 atom stereocenters. The number of amides is 2. The summed E-state index contributed by atoms with van der Waals surface area (Å²) in [7, 11) is 0. The first-order valence-corrected chi connectivity index (χ1v) is 8.36. The molecule has 2 amide bonds. The highest BCUT2D eigenvalue weighted by Crippen LogP contribution is 2.26. The van der Waals surface area contributed by atoms with Crippen LogP contribution < -0.4 is 5.32 Å². The predicted octanol–water partition coefficient (Wildman–Crippen LogP) is 2.42. The number of nitrogens with zero attached hydrogens (tertiary/aromatic N) is 1. The van der Waals surface area contributed by atoms with Gasteiger partial charge in [-0.3, -0.25) is 9.59 Å². The third kappa shape index (κ3) is 3.50. The highest BCUT2D eigenvalue weighted by Gasteiger charge is 2.38. The molecule has 1 aromatic rings. The van der Waals surface area contributed by atoms with Gasteiger partial charge in [-0.05, 0) is 37.1 Å². The third-order valence-corrected chi connectivity index (χ3v) is 4.80. The van der Waals surface area contributed by atoms with Crippen molar-refractivity contribution in [1.29, 1.82) is 0 Å². The summed E-state index contributed by atoms with van der Waals surface area (Å²) in [5.41, 5.74) is 0.755. The van der Waals surface area contributed by atoms with Gasteiger partial charge in [0.05, 0.1) is 5.92 Å². The third-order valence-electron chi connectivity index (χ3n) is 4.27. The van der Waals surface area contributed by atoms with E-state index < -0.39 is 0 Å². The molecule has 2 saturated heterocycles. The lowest BCUT2D eigenvalue weighted by Gasteiger charge is -2.31. The van der Waals surface area contributed by atoms with E-state index in [-0.39, 0.29) is 23.8 Å². The Labute approximate surface area is 138 Å². The fourth-order valence-electron chi connectivity index (χ4n) is 3.03. The number of rotatable bonds is 3. The molecule has 118 valence electrons. The number of hydrogen-bond acceptors (Lipinski definition) is 3. The molecule has 5 nitrogen and oxygen atoms in total. The molecule has 0 radical (unpaired) electrons. The zero-order chi connectivity index (χ0) is 15.5. The van der Waals surface area contributed by atoms with Crippen molar-refractivity contribution in [2.24, 2.45) is 5.92 Å². The van der Waals surface area contributed by atoms with E-state index in [1.165, 1.54) is 0 Å². The predicted molar refractivity (Wildman–Crippen MR) is 86.4 cm³/mol. The number of halogens is 1. The van der Waals surface area contributed by atoms with E-state index in [2.05, 4.69) is 21.2 Å². The summed E-state index contributed by atoms with van der Waals surface area (Å²) in [5, 5.41) is 2.89. The van der Waals surface area contributed by atoms with Crippen LogP contribution in [0.4, 0.5) is 5.69 Å². The molecule has 1 N–H and O–H groups in total. The van der Waals surface area contributed by atoms with Crippen LogP contribution in [-0.4, -0.2) is 42.5 Å². The van der Waals surface area contributed by atoms with Gasteiger partial charge in [-0.2, -0.15) is 0 Å². The highest BCUT2D eigenvalue weighted by atomic mass is 79.9. The van der Waals surface area contributed by atoms with Gasteiger partial charge in [0.25, 0.3) is 0 Å². The number of ether oxygens (including phenoxy) is 1. The summed E-state index contributed by atoms with van der Waals surface area (Å²) in [5.74, 6) is -0.257. The van der Waals surface area contributed by atoms with Crippen molar-refractivity contribution < 1.29 is 14.3 Å². The summed E-state index contributed by atoms with van der Waals surface area (Å²) in [4.78, 5) is 26.4. The zero-order valence-electron chi connectivity index (χ0n) is 12.3. The Hall–Kier alpha value is -1.40. The van der Waals surface area contributed by atoms with E-state index >= 15 is 0 Å². The first-order chi connectivity index (χ1) is 10.6. The van der Waals surface area contributed by atoms with Crippen molar-refractivity contribution in [3.63, 3.8) is 0 Å². The molecule has 2 aliphatic heterocycles. The Morgan fingerprint density at radius 1 is 1.23 bits per heavy atom. The van der Waals surface area contributed by atoms with E-state index in [0.29, 0.717) is 26.2 Å². The molecule has 0 bridgehead atoms. The molecule has 0 aromatic heterocycles. The Bertz CT molecular complexity index is 555. The lowest BCUT2D eigenvalue weighted by Crippen LogP contribution is -2.41. The molecule has 22 heavy (non-hydrogen) atoms. The molecule has 0 spiro atoms. The molecular formula is C16H19BrN2O3. The Morgan fingerprint density at radius 2 is 1.91 bits per heavy atom. The minimum absolute atomic E-state index is 0.0785. The van der Waals surface area contributed by atoms with Gasteiger partial charge in [0.1, 0.15) is 0 Å². The second-order valence-corrected chi connectivity index (χ2v) is 6.70. The van der Waals surface area contributed by atoms with E-state index in [4.69, 9.17) is 4.74 Å². The van der Waals surface area contributed by atoms with Crippen LogP contribution in [0.15, 0.2) is 28.7 Å². The average molecular weight is 367 g/mol. The number of nitrogens with one attached hydrogen (secondary N) is 1. The van der Waals surface area contributed by atoms with Crippen LogP contribution in [0, 0.1) is 5.92 Å². The van der Waals surface area contributed by atoms with Crippen molar-refractivity contribution in [2.45, 2.75) is 25.3 Å². The average Bonchev–Trinajstić information content (AvgIpc) is 2.92. The van der Waals surface area contributed by atoms with E-state index in [0.717, 1.165) is 23.0 Å². The lowest BCUT2D eigenvalue weighted by molar-refractivity contribution is -0.131. The summed E-state index contributed by atoms with van der Waals surface area (Å²) in [6.07, 6.45) is 2.04. The molecule has 1 aromatic carbocycles. The highest BCUT2D eigenvalue weighted by molar-refractivity contribution is 9.10. The number of anilines is 1. The Balaban J connectivity index is 1.59. The second kappa shape index (κ2) is 6.79. The van der Waals surface area contributed by atoms with Crippen LogP contribution in [0.3, 0.4) is 0 Å². The zero-order valence-corrected chi connectivity index (χ0v) is 13.8. The van der Waals surface area contributed by atoms with Gasteiger partial charge in [0.2, 0.25) is 11.8 Å². The van der Waals surface area contributed by atoms with Crippen molar-refractivity contribution >= 4 is 33.4 Å². The van der Waals surface area contributed by atoms with Crippen LogP contribution in [-0.2, 0) is 14.3 Å². The monoisotopic (exact) mass is 366 g/mol. The van der Waals surface area contributed by atoms with Crippen molar-refractivity contribution in [3.05, 3.63) is 28.7 Å². The molecule has 2 fully saturated rings. The minimum Gasteiger partial charge on any atom is -0.381 e. The summed E-state index contributed by atoms with van der Waals surface area (Å²) in [6.45, 7) is 1.92. The quantitative estimate of drug-likeness (QED) is 0.893. The van der Waals surface area contributed by atoms with Crippen LogP contribution in [0.2, 0.25) is 0 Å². The number of carbonyl (C=O) groups is 2. The summed E-state index contributed by atoms with van der Waals surface area (Å²) >= 11 is 3.36. The maximum absolute atomic E-state index is 12.3. The first kappa shape index (κ1) is 15.5. The van der Waals surface area contributed by atoms with Gasteiger partial charge in [-0.1, -0.05) is 15.9 Å². The Morgan fingerprint density at radius 3 is 2.59 bits per heavy atom. The number of carbonyl (C=O) groups excluding carboxylic acids is 2. The van der Waals surface area contributed by atoms with Crippen molar-refractivity contribution in [3.8, 4) is 0 Å². The maximum Gasteiger partial charge on any atom is 0.229 e. The van der Waals surface area contributed by atoms with Gasteiger partial charge in [0.15, 0.2) is 0 Å². The van der Waals surface area contributed by atoms with Crippen molar-refractivity contribution in [1.82, 2.24) is 4.90 Å². The first-order valence-electron chi connectivity index (χ1n) is 7.57. The molecule has 3 rings (SSSR count). The smallest absolute Gasteiger partial charge is 0.229 e. The van der Waals surface area contributed by atoms with E-state index in [9.17, 15) is 9.59 Å². The lowest BCUT2D eigenvalue weighted by atomic mass is 10.1. The van der Waals surface area contributed by atoms with Crippen molar-refractivity contribution in [2.75, 3.05) is 25.1 Å². The molecular weight excluding hydrogens is 348 g/mol. The van der Waals surface area contributed by atoms with E-state index in [1.807, 2.05) is 29.2 Å². The van der Waals surface area contributed by atoms with Gasteiger partial charge in [-0.15, -0.1) is 0 Å². The maximum atomic E-state index is 12.3. The van der Waals surface area contributed by atoms with Crippen LogP contribution >= 0.6 is 15.9 Å². The summed E-state index contributed by atoms with van der Waals surface area (Å²) < 4.78 is 6.30. The minimum atomic E-state index is -0.265. The fraction of sp³-hybridized carbons (Fsp3) is 0.500.